The molecule has 2 rings (SSSR count). The molecular formula is C16H20N2O. The summed E-state index contributed by atoms with van der Waals surface area (Å²) in [6.07, 6.45) is 4.59. The first-order valence-corrected chi connectivity index (χ1v) is 6.65. The number of nitrogens with two attached hydrogens (primary N) is 1. The SMILES string of the molecule is CCOc1cccc(C(CN)Cc2cccnc2)c1. The van der Waals surface area contributed by atoms with E-state index in [1.54, 1.807) is 6.20 Å². The van der Waals surface area contributed by atoms with Gasteiger partial charge in [0, 0.05) is 18.3 Å². The van der Waals surface area contributed by atoms with Crippen molar-refractivity contribution in [1.82, 2.24) is 4.98 Å². The lowest BCUT2D eigenvalue weighted by molar-refractivity contribution is 0.339. The van der Waals surface area contributed by atoms with E-state index < -0.39 is 0 Å². The zero-order valence-electron chi connectivity index (χ0n) is 11.3. The van der Waals surface area contributed by atoms with Crippen molar-refractivity contribution in [2.45, 2.75) is 19.3 Å². The summed E-state index contributed by atoms with van der Waals surface area (Å²) < 4.78 is 5.54. The van der Waals surface area contributed by atoms with Crippen molar-refractivity contribution in [2.75, 3.05) is 13.2 Å². The number of rotatable bonds is 6. The molecule has 0 fully saturated rings. The van der Waals surface area contributed by atoms with Crippen LogP contribution in [0.3, 0.4) is 0 Å². The number of hydrogen-bond acceptors (Lipinski definition) is 3. The highest BCUT2D eigenvalue weighted by Crippen LogP contribution is 2.23. The molecule has 0 aliphatic heterocycles. The lowest BCUT2D eigenvalue weighted by atomic mass is 9.92. The molecule has 3 heteroatoms. The van der Waals surface area contributed by atoms with Crippen LogP contribution in [0.25, 0.3) is 0 Å². The maximum atomic E-state index is 5.92. The molecular weight excluding hydrogens is 236 g/mol. The lowest BCUT2D eigenvalue weighted by Crippen LogP contribution is -2.15. The maximum Gasteiger partial charge on any atom is 0.119 e. The van der Waals surface area contributed by atoms with Gasteiger partial charge in [0.1, 0.15) is 5.75 Å². The van der Waals surface area contributed by atoms with E-state index in [9.17, 15) is 0 Å². The fraction of sp³-hybridized carbons (Fsp3) is 0.312. The highest BCUT2D eigenvalue weighted by Gasteiger charge is 2.11. The molecule has 0 spiro atoms. The van der Waals surface area contributed by atoms with E-state index in [1.807, 2.05) is 31.3 Å². The molecule has 0 bridgehead atoms. The van der Waals surface area contributed by atoms with E-state index in [-0.39, 0.29) is 0 Å². The summed E-state index contributed by atoms with van der Waals surface area (Å²) in [5.74, 6) is 1.20. The van der Waals surface area contributed by atoms with Crippen molar-refractivity contribution in [1.29, 1.82) is 0 Å². The molecule has 0 amide bonds. The van der Waals surface area contributed by atoms with Gasteiger partial charge in [-0.15, -0.1) is 0 Å². The maximum absolute atomic E-state index is 5.92. The van der Waals surface area contributed by atoms with Gasteiger partial charge in [-0.25, -0.2) is 0 Å². The minimum atomic E-state index is 0.296. The smallest absolute Gasteiger partial charge is 0.119 e. The highest BCUT2D eigenvalue weighted by molar-refractivity contribution is 5.32. The van der Waals surface area contributed by atoms with Crippen LogP contribution in [0.15, 0.2) is 48.8 Å². The minimum absolute atomic E-state index is 0.296. The summed E-state index contributed by atoms with van der Waals surface area (Å²) in [7, 11) is 0. The Morgan fingerprint density at radius 3 is 2.84 bits per heavy atom. The van der Waals surface area contributed by atoms with Gasteiger partial charge >= 0.3 is 0 Å². The van der Waals surface area contributed by atoms with Gasteiger partial charge in [-0.2, -0.15) is 0 Å². The third kappa shape index (κ3) is 3.80. The summed E-state index contributed by atoms with van der Waals surface area (Å²) in [5.41, 5.74) is 8.34. The summed E-state index contributed by atoms with van der Waals surface area (Å²) >= 11 is 0. The molecule has 1 unspecified atom stereocenters. The number of hydrogen-bond donors (Lipinski definition) is 1. The molecule has 3 nitrogen and oxygen atoms in total. The van der Waals surface area contributed by atoms with Gasteiger partial charge in [0.05, 0.1) is 6.61 Å². The number of nitrogens with zero attached hydrogens (tertiary/aromatic N) is 1. The van der Waals surface area contributed by atoms with Gasteiger partial charge in [-0.1, -0.05) is 18.2 Å². The quantitative estimate of drug-likeness (QED) is 0.864. The molecule has 1 aromatic heterocycles. The van der Waals surface area contributed by atoms with Gasteiger partial charge in [-0.05, 0) is 49.2 Å². The molecule has 1 heterocycles. The number of aromatic nitrogens is 1. The zero-order valence-corrected chi connectivity index (χ0v) is 11.3. The number of benzene rings is 1. The Morgan fingerprint density at radius 2 is 2.16 bits per heavy atom. The van der Waals surface area contributed by atoms with Crippen LogP contribution in [-0.2, 0) is 6.42 Å². The fourth-order valence-corrected chi connectivity index (χ4v) is 2.17. The molecule has 1 aromatic carbocycles. The monoisotopic (exact) mass is 256 g/mol. The second kappa shape index (κ2) is 6.90. The summed E-state index contributed by atoms with van der Waals surface area (Å²) in [5, 5.41) is 0. The molecule has 0 saturated heterocycles. The first-order chi connectivity index (χ1) is 9.33. The fourth-order valence-electron chi connectivity index (χ4n) is 2.17. The van der Waals surface area contributed by atoms with E-state index in [0.29, 0.717) is 19.1 Å². The van der Waals surface area contributed by atoms with Crippen molar-refractivity contribution in [2.24, 2.45) is 5.73 Å². The predicted molar refractivity (Wildman–Crippen MR) is 77.3 cm³/mol. The second-order valence-corrected chi connectivity index (χ2v) is 4.50. The van der Waals surface area contributed by atoms with Crippen LogP contribution in [0.5, 0.6) is 5.75 Å². The van der Waals surface area contributed by atoms with Gasteiger partial charge in [-0.3, -0.25) is 4.98 Å². The molecule has 100 valence electrons. The Bertz CT molecular complexity index is 499. The normalized spacial score (nSPS) is 12.1. The lowest BCUT2D eigenvalue weighted by Gasteiger charge is -2.16. The van der Waals surface area contributed by atoms with Crippen molar-refractivity contribution >= 4 is 0 Å². The molecule has 0 aliphatic carbocycles. The molecule has 0 saturated carbocycles. The van der Waals surface area contributed by atoms with E-state index >= 15 is 0 Å². The first-order valence-electron chi connectivity index (χ1n) is 6.65. The molecule has 2 aromatic rings. The Balaban J connectivity index is 2.15. The second-order valence-electron chi connectivity index (χ2n) is 4.50. The Labute approximate surface area is 114 Å². The minimum Gasteiger partial charge on any atom is -0.494 e. The number of pyridine rings is 1. The van der Waals surface area contributed by atoms with Crippen molar-refractivity contribution < 1.29 is 4.74 Å². The first kappa shape index (κ1) is 13.6. The van der Waals surface area contributed by atoms with Crippen molar-refractivity contribution in [3.05, 3.63) is 59.9 Å². The van der Waals surface area contributed by atoms with Crippen LogP contribution in [0, 0.1) is 0 Å². The number of ether oxygens (including phenoxy) is 1. The third-order valence-corrected chi connectivity index (χ3v) is 3.13. The average molecular weight is 256 g/mol. The van der Waals surface area contributed by atoms with Crippen LogP contribution >= 0.6 is 0 Å². The van der Waals surface area contributed by atoms with Crippen LogP contribution in [-0.4, -0.2) is 18.1 Å². The van der Waals surface area contributed by atoms with Gasteiger partial charge in [0.2, 0.25) is 0 Å². The topological polar surface area (TPSA) is 48.1 Å². The van der Waals surface area contributed by atoms with E-state index in [1.165, 1.54) is 11.1 Å². The van der Waals surface area contributed by atoms with E-state index in [0.717, 1.165) is 12.2 Å². The largest absolute Gasteiger partial charge is 0.494 e. The van der Waals surface area contributed by atoms with Crippen molar-refractivity contribution in [3.8, 4) is 5.75 Å². The molecule has 2 N–H and O–H groups in total. The summed E-state index contributed by atoms with van der Waals surface area (Å²) in [4.78, 5) is 4.15. The molecule has 1 atom stereocenters. The summed E-state index contributed by atoms with van der Waals surface area (Å²) in [6.45, 7) is 3.28. The Hall–Kier alpha value is -1.87. The average Bonchev–Trinajstić information content (AvgIpc) is 2.46. The van der Waals surface area contributed by atoms with Crippen LogP contribution in [0.1, 0.15) is 24.0 Å². The highest BCUT2D eigenvalue weighted by atomic mass is 16.5. The Kier molecular flexibility index (Phi) is 4.93. The summed E-state index contributed by atoms with van der Waals surface area (Å²) in [6, 6.07) is 12.2. The van der Waals surface area contributed by atoms with Gasteiger partial charge in [0.15, 0.2) is 0 Å². The Morgan fingerprint density at radius 1 is 1.26 bits per heavy atom. The van der Waals surface area contributed by atoms with Gasteiger partial charge < -0.3 is 10.5 Å². The molecule has 0 aliphatic rings. The van der Waals surface area contributed by atoms with E-state index in [4.69, 9.17) is 10.5 Å². The third-order valence-electron chi connectivity index (χ3n) is 3.13. The van der Waals surface area contributed by atoms with E-state index in [2.05, 4.69) is 23.2 Å². The zero-order chi connectivity index (χ0) is 13.5. The van der Waals surface area contributed by atoms with Gasteiger partial charge in [0.25, 0.3) is 0 Å². The van der Waals surface area contributed by atoms with Crippen molar-refractivity contribution in [3.63, 3.8) is 0 Å². The predicted octanol–water partition coefficient (Wildman–Crippen LogP) is 2.77. The van der Waals surface area contributed by atoms with Crippen LogP contribution in [0.2, 0.25) is 0 Å². The standard InChI is InChI=1S/C16H20N2O/c1-2-19-16-7-3-6-14(10-16)15(11-17)9-13-5-4-8-18-12-13/h3-8,10,12,15H,2,9,11,17H2,1H3. The molecule has 19 heavy (non-hydrogen) atoms. The molecule has 0 radical (unpaired) electrons. The van der Waals surface area contributed by atoms with Crippen LogP contribution < -0.4 is 10.5 Å². The van der Waals surface area contributed by atoms with Crippen LogP contribution in [0.4, 0.5) is 0 Å².